The van der Waals surface area contributed by atoms with Crippen LogP contribution < -0.4 is 20.7 Å². The van der Waals surface area contributed by atoms with E-state index in [2.05, 4.69) is 15.4 Å². The van der Waals surface area contributed by atoms with Crippen LogP contribution in [0.5, 0.6) is 5.88 Å². The van der Waals surface area contributed by atoms with Crippen molar-refractivity contribution >= 4 is 22.5 Å². The van der Waals surface area contributed by atoms with Crippen molar-refractivity contribution in [1.29, 1.82) is 0 Å². The number of methoxy groups -OCH3 is 1. The van der Waals surface area contributed by atoms with E-state index < -0.39 is 23.7 Å². The maximum Gasteiger partial charge on any atom is 0.408 e. The second-order valence-corrected chi connectivity index (χ2v) is 8.97. The first-order valence-electron chi connectivity index (χ1n) is 10.8. The van der Waals surface area contributed by atoms with E-state index in [1.54, 1.807) is 10.9 Å². The summed E-state index contributed by atoms with van der Waals surface area (Å²) in [5.41, 5.74) is 8.35. The van der Waals surface area contributed by atoms with Crippen LogP contribution in [0.1, 0.15) is 30.6 Å². The molecule has 1 fully saturated rings. The maximum atomic E-state index is 13.2. The van der Waals surface area contributed by atoms with Crippen molar-refractivity contribution in [1.82, 2.24) is 20.1 Å². The zero-order valence-corrected chi connectivity index (χ0v) is 19.4. The minimum atomic E-state index is -4.58. The standard InChI is InChI=1S/C23H27F3N6O2/c1-13(23(24,25)26)30-20(33)16-10-28-21(34-4)18(19(16)32-9-8-22(2,27)12-32)14-6-5-7-17-15(14)11-29-31(17)3/h5-7,10-11,13H,8-9,12,27H2,1-4H3,(H,30,33)/t13?,22-/m0/s1. The minimum Gasteiger partial charge on any atom is -0.480 e. The van der Waals surface area contributed by atoms with Gasteiger partial charge in [0, 0.05) is 42.8 Å². The molecule has 1 aliphatic heterocycles. The number of alkyl halides is 3. The van der Waals surface area contributed by atoms with Crippen molar-refractivity contribution in [2.45, 2.75) is 38.0 Å². The highest BCUT2D eigenvalue weighted by molar-refractivity contribution is 6.07. The number of ether oxygens (including phenoxy) is 1. The number of hydrogen-bond acceptors (Lipinski definition) is 6. The molecule has 34 heavy (non-hydrogen) atoms. The van der Waals surface area contributed by atoms with Crippen molar-refractivity contribution < 1.29 is 22.7 Å². The Labute approximate surface area is 194 Å². The van der Waals surface area contributed by atoms with Gasteiger partial charge in [-0.1, -0.05) is 12.1 Å². The number of rotatable bonds is 5. The third kappa shape index (κ3) is 4.27. The molecule has 3 N–H and O–H groups in total. The number of hydrogen-bond donors (Lipinski definition) is 2. The SMILES string of the molecule is COc1ncc(C(=O)NC(C)C(F)(F)F)c(N2CC[C@](C)(N)C2)c1-c1cccc2c1cnn2C. The number of nitrogens with two attached hydrogens (primary N) is 1. The monoisotopic (exact) mass is 476 g/mol. The average Bonchev–Trinajstić information content (AvgIpc) is 3.33. The normalized spacial score (nSPS) is 19.5. The number of fused-ring (bicyclic) bond motifs is 1. The summed E-state index contributed by atoms with van der Waals surface area (Å²) >= 11 is 0. The molecule has 11 heteroatoms. The van der Waals surface area contributed by atoms with Crippen LogP contribution in [0.25, 0.3) is 22.0 Å². The van der Waals surface area contributed by atoms with Gasteiger partial charge in [0.25, 0.3) is 5.91 Å². The second-order valence-electron chi connectivity index (χ2n) is 8.97. The molecule has 182 valence electrons. The summed E-state index contributed by atoms with van der Waals surface area (Å²) in [4.78, 5) is 19.3. The lowest BCUT2D eigenvalue weighted by Gasteiger charge is -2.28. The smallest absolute Gasteiger partial charge is 0.408 e. The third-order valence-corrected chi connectivity index (χ3v) is 6.18. The van der Waals surface area contributed by atoms with Gasteiger partial charge >= 0.3 is 6.18 Å². The second kappa shape index (κ2) is 8.46. The molecule has 1 amide bonds. The number of benzene rings is 1. The molecule has 1 aromatic carbocycles. The Morgan fingerprint density at radius 2 is 2.06 bits per heavy atom. The first-order valence-corrected chi connectivity index (χ1v) is 10.8. The fourth-order valence-corrected chi connectivity index (χ4v) is 4.30. The summed E-state index contributed by atoms with van der Waals surface area (Å²) in [6.07, 6.45) is -0.980. The Hall–Kier alpha value is -3.34. The predicted molar refractivity (Wildman–Crippen MR) is 123 cm³/mol. The van der Waals surface area contributed by atoms with Crippen LogP contribution in [0.3, 0.4) is 0 Å². The van der Waals surface area contributed by atoms with Crippen LogP contribution in [0, 0.1) is 0 Å². The summed E-state index contributed by atoms with van der Waals surface area (Å²) in [7, 11) is 3.27. The Bertz CT molecular complexity index is 1240. The summed E-state index contributed by atoms with van der Waals surface area (Å²) in [5, 5.41) is 7.18. The molecular weight excluding hydrogens is 449 g/mol. The van der Waals surface area contributed by atoms with Crippen molar-refractivity contribution in [3.8, 4) is 17.0 Å². The van der Waals surface area contributed by atoms with Crippen LogP contribution in [0.4, 0.5) is 18.9 Å². The Balaban J connectivity index is 1.96. The molecule has 3 aromatic rings. The van der Waals surface area contributed by atoms with Gasteiger partial charge in [0.15, 0.2) is 0 Å². The van der Waals surface area contributed by atoms with Crippen molar-refractivity contribution in [2.24, 2.45) is 12.8 Å². The lowest BCUT2D eigenvalue weighted by atomic mass is 9.97. The number of amides is 1. The number of nitrogens with zero attached hydrogens (tertiary/aromatic N) is 4. The molecule has 0 spiro atoms. The lowest BCUT2D eigenvalue weighted by molar-refractivity contribution is -0.149. The quantitative estimate of drug-likeness (QED) is 0.587. The molecule has 0 radical (unpaired) electrons. The number of aromatic nitrogens is 3. The van der Waals surface area contributed by atoms with E-state index in [-0.39, 0.29) is 11.4 Å². The summed E-state index contributed by atoms with van der Waals surface area (Å²) in [5.74, 6) is -0.627. The van der Waals surface area contributed by atoms with Gasteiger partial charge in [-0.05, 0) is 26.3 Å². The molecule has 4 rings (SSSR count). The van der Waals surface area contributed by atoms with Crippen LogP contribution in [0.15, 0.2) is 30.6 Å². The zero-order chi connectivity index (χ0) is 24.8. The molecule has 1 saturated heterocycles. The number of halogens is 3. The zero-order valence-electron chi connectivity index (χ0n) is 19.4. The van der Waals surface area contributed by atoms with E-state index >= 15 is 0 Å². The van der Waals surface area contributed by atoms with E-state index in [4.69, 9.17) is 10.5 Å². The van der Waals surface area contributed by atoms with Crippen LogP contribution in [-0.2, 0) is 7.05 Å². The van der Waals surface area contributed by atoms with Crippen LogP contribution >= 0.6 is 0 Å². The largest absolute Gasteiger partial charge is 0.480 e. The molecule has 0 bridgehead atoms. The van der Waals surface area contributed by atoms with E-state index in [1.807, 2.05) is 37.1 Å². The van der Waals surface area contributed by atoms with Gasteiger partial charge in [-0.25, -0.2) is 4.98 Å². The Morgan fingerprint density at radius 1 is 1.32 bits per heavy atom. The van der Waals surface area contributed by atoms with Gasteiger partial charge in [0.2, 0.25) is 5.88 Å². The van der Waals surface area contributed by atoms with E-state index in [9.17, 15) is 18.0 Å². The Morgan fingerprint density at radius 3 is 2.68 bits per heavy atom. The fraction of sp³-hybridized carbons (Fsp3) is 0.435. The fourth-order valence-electron chi connectivity index (χ4n) is 4.30. The van der Waals surface area contributed by atoms with Gasteiger partial charge in [0.1, 0.15) is 6.04 Å². The average molecular weight is 477 g/mol. The minimum absolute atomic E-state index is 0.0190. The molecule has 0 aliphatic carbocycles. The topological polar surface area (TPSA) is 98.3 Å². The molecule has 1 unspecified atom stereocenters. The lowest BCUT2D eigenvalue weighted by Crippen LogP contribution is -2.44. The molecule has 2 aromatic heterocycles. The number of pyridine rings is 1. The predicted octanol–water partition coefficient (Wildman–Crippen LogP) is 3.25. The van der Waals surface area contributed by atoms with Gasteiger partial charge in [-0.2, -0.15) is 18.3 Å². The number of aryl methyl sites for hydroxylation is 1. The van der Waals surface area contributed by atoms with Gasteiger partial charge in [0.05, 0.1) is 35.6 Å². The molecule has 8 nitrogen and oxygen atoms in total. The first-order chi connectivity index (χ1) is 15.9. The van der Waals surface area contributed by atoms with E-state index in [0.29, 0.717) is 36.3 Å². The highest BCUT2D eigenvalue weighted by atomic mass is 19.4. The van der Waals surface area contributed by atoms with E-state index in [1.165, 1.54) is 13.3 Å². The molecule has 1 aliphatic rings. The summed E-state index contributed by atoms with van der Waals surface area (Å²) in [6, 6.07) is 3.57. The highest BCUT2D eigenvalue weighted by Crippen LogP contribution is 2.44. The number of anilines is 1. The Kier molecular flexibility index (Phi) is 5.92. The molecule has 0 saturated carbocycles. The molecule has 2 atom stereocenters. The first kappa shape index (κ1) is 23.8. The number of carbonyl (C=O) groups is 1. The van der Waals surface area contributed by atoms with Gasteiger partial charge in [-0.3, -0.25) is 9.48 Å². The number of nitrogens with one attached hydrogen (secondary N) is 1. The van der Waals surface area contributed by atoms with Gasteiger partial charge in [-0.15, -0.1) is 0 Å². The van der Waals surface area contributed by atoms with Crippen molar-refractivity contribution in [2.75, 3.05) is 25.1 Å². The summed E-state index contributed by atoms with van der Waals surface area (Å²) in [6.45, 7) is 3.73. The molecular formula is C23H27F3N6O2. The summed E-state index contributed by atoms with van der Waals surface area (Å²) < 4.78 is 46.8. The molecule has 3 heterocycles. The maximum absolute atomic E-state index is 13.2. The van der Waals surface area contributed by atoms with Gasteiger partial charge < -0.3 is 20.7 Å². The van der Waals surface area contributed by atoms with Crippen molar-refractivity contribution in [3.05, 3.63) is 36.2 Å². The van der Waals surface area contributed by atoms with Crippen molar-refractivity contribution in [3.63, 3.8) is 0 Å². The highest BCUT2D eigenvalue weighted by Gasteiger charge is 2.39. The van der Waals surface area contributed by atoms with Crippen LogP contribution in [-0.4, -0.2) is 58.6 Å². The third-order valence-electron chi connectivity index (χ3n) is 6.18. The van der Waals surface area contributed by atoms with Crippen LogP contribution in [0.2, 0.25) is 0 Å². The van der Waals surface area contributed by atoms with E-state index in [0.717, 1.165) is 17.8 Å². The number of carbonyl (C=O) groups excluding carboxylic acids is 1.